The monoisotopic (exact) mass is 310 g/mol. The van der Waals surface area contributed by atoms with Gasteiger partial charge in [0.2, 0.25) is 0 Å². The molecule has 0 atom stereocenters. The maximum absolute atomic E-state index is 15.3. The van der Waals surface area contributed by atoms with Gasteiger partial charge in [-0.05, 0) is 11.1 Å². The van der Waals surface area contributed by atoms with Crippen molar-refractivity contribution >= 4 is 0 Å². The van der Waals surface area contributed by atoms with Crippen LogP contribution < -0.4 is 0 Å². The lowest BCUT2D eigenvalue weighted by Gasteiger charge is -2.37. The number of hydrogen-bond donors (Lipinski definition) is 1. The number of halogens is 2. The molecule has 0 unspecified atom stereocenters. The van der Waals surface area contributed by atoms with Crippen LogP contribution >= 0.6 is 0 Å². The molecule has 0 amide bonds. The fraction of sp³-hybridized carbons (Fsp3) is 0.100. The minimum absolute atomic E-state index is 0.153. The van der Waals surface area contributed by atoms with Crippen LogP contribution in [0.4, 0.5) is 8.78 Å². The third-order valence-corrected chi connectivity index (χ3v) is 3.97. The van der Waals surface area contributed by atoms with E-state index in [2.05, 4.69) is 0 Å². The normalized spacial score (nSPS) is 12.1. The molecule has 3 aromatic carbocycles. The lowest BCUT2D eigenvalue weighted by Crippen LogP contribution is -2.44. The van der Waals surface area contributed by atoms with E-state index in [4.69, 9.17) is 0 Å². The predicted molar refractivity (Wildman–Crippen MR) is 86.2 cm³/mol. The molecule has 116 valence electrons. The molecule has 0 aliphatic rings. The molecule has 3 aromatic rings. The molecule has 0 saturated heterocycles. The fourth-order valence-electron chi connectivity index (χ4n) is 2.74. The number of rotatable bonds is 4. The lowest BCUT2D eigenvalue weighted by atomic mass is 9.78. The zero-order chi connectivity index (χ0) is 16.3. The smallest absolute Gasteiger partial charge is 0.309 e. The molecule has 0 heterocycles. The Kier molecular flexibility index (Phi) is 3.97. The van der Waals surface area contributed by atoms with Crippen molar-refractivity contribution in [1.29, 1.82) is 0 Å². The number of benzene rings is 3. The number of alkyl halides is 2. The van der Waals surface area contributed by atoms with Gasteiger partial charge in [-0.1, -0.05) is 91.0 Å². The van der Waals surface area contributed by atoms with Crippen LogP contribution in [-0.4, -0.2) is 5.11 Å². The standard InChI is InChI=1S/C20H16F2O/c21-20(22,18-14-8-3-9-15-18)19(23,16-10-4-1-5-11-16)17-12-6-2-7-13-17/h1-15,23H. The van der Waals surface area contributed by atoms with Gasteiger partial charge >= 0.3 is 5.92 Å². The molecule has 0 saturated carbocycles. The van der Waals surface area contributed by atoms with Crippen molar-refractivity contribution in [3.63, 3.8) is 0 Å². The van der Waals surface area contributed by atoms with Gasteiger partial charge in [0.25, 0.3) is 0 Å². The van der Waals surface area contributed by atoms with Crippen molar-refractivity contribution in [2.75, 3.05) is 0 Å². The first-order valence-electron chi connectivity index (χ1n) is 7.33. The van der Waals surface area contributed by atoms with Crippen molar-refractivity contribution in [2.24, 2.45) is 0 Å². The molecule has 0 aromatic heterocycles. The van der Waals surface area contributed by atoms with Gasteiger partial charge in [-0.25, -0.2) is 0 Å². The van der Waals surface area contributed by atoms with Gasteiger partial charge in [-0.15, -0.1) is 0 Å². The Hall–Kier alpha value is -2.52. The first-order valence-corrected chi connectivity index (χ1v) is 7.33. The minimum Gasteiger partial charge on any atom is -0.374 e. The first kappa shape index (κ1) is 15.4. The van der Waals surface area contributed by atoms with Crippen LogP contribution in [0.5, 0.6) is 0 Å². The summed E-state index contributed by atoms with van der Waals surface area (Å²) < 4.78 is 30.7. The van der Waals surface area contributed by atoms with E-state index in [0.717, 1.165) is 0 Å². The molecule has 3 rings (SSSR count). The number of hydrogen-bond acceptors (Lipinski definition) is 1. The fourth-order valence-corrected chi connectivity index (χ4v) is 2.74. The van der Waals surface area contributed by atoms with Gasteiger partial charge in [0.05, 0.1) is 0 Å². The van der Waals surface area contributed by atoms with E-state index < -0.39 is 11.5 Å². The molecular weight excluding hydrogens is 294 g/mol. The quantitative estimate of drug-likeness (QED) is 0.739. The summed E-state index contributed by atoms with van der Waals surface area (Å²) in [6.45, 7) is 0. The molecule has 0 fully saturated rings. The van der Waals surface area contributed by atoms with E-state index in [0.29, 0.717) is 0 Å². The van der Waals surface area contributed by atoms with E-state index in [9.17, 15) is 5.11 Å². The van der Waals surface area contributed by atoms with Gasteiger partial charge in [0.1, 0.15) is 0 Å². The van der Waals surface area contributed by atoms with Crippen LogP contribution in [0.2, 0.25) is 0 Å². The molecule has 0 aliphatic carbocycles. The minimum atomic E-state index is -3.49. The molecule has 23 heavy (non-hydrogen) atoms. The Balaban J connectivity index is 2.25. The zero-order valence-corrected chi connectivity index (χ0v) is 12.4. The average molecular weight is 310 g/mol. The summed E-state index contributed by atoms with van der Waals surface area (Å²) in [6, 6.07) is 23.5. The highest BCUT2D eigenvalue weighted by Gasteiger charge is 2.56. The van der Waals surface area contributed by atoms with Crippen LogP contribution in [-0.2, 0) is 11.5 Å². The van der Waals surface area contributed by atoms with E-state index >= 15 is 8.78 Å². The molecule has 0 spiro atoms. The van der Waals surface area contributed by atoms with Crippen LogP contribution in [0.25, 0.3) is 0 Å². The Labute approximate surface area is 133 Å². The molecule has 3 heteroatoms. The lowest BCUT2D eigenvalue weighted by molar-refractivity contribution is -0.171. The highest BCUT2D eigenvalue weighted by atomic mass is 19.3. The van der Waals surface area contributed by atoms with Gasteiger partial charge < -0.3 is 5.11 Å². The maximum Gasteiger partial charge on any atom is 0.309 e. The topological polar surface area (TPSA) is 20.2 Å². The Morgan fingerprint density at radius 2 is 0.826 bits per heavy atom. The summed E-state index contributed by atoms with van der Waals surface area (Å²) in [5.41, 5.74) is -2.37. The molecule has 1 nitrogen and oxygen atoms in total. The van der Waals surface area contributed by atoms with Crippen molar-refractivity contribution in [3.8, 4) is 0 Å². The van der Waals surface area contributed by atoms with Crippen LogP contribution in [0, 0.1) is 0 Å². The SMILES string of the molecule is OC(c1ccccc1)(c1ccccc1)C(F)(F)c1ccccc1. The molecule has 1 N–H and O–H groups in total. The second-order valence-electron chi connectivity index (χ2n) is 5.38. The van der Waals surface area contributed by atoms with Gasteiger partial charge in [-0.3, -0.25) is 0 Å². The largest absolute Gasteiger partial charge is 0.374 e. The Morgan fingerprint density at radius 1 is 0.522 bits per heavy atom. The summed E-state index contributed by atoms with van der Waals surface area (Å²) in [4.78, 5) is 0. The second kappa shape index (κ2) is 5.94. The summed E-state index contributed by atoms with van der Waals surface area (Å²) in [5, 5.41) is 11.2. The zero-order valence-electron chi connectivity index (χ0n) is 12.4. The number of aliphatic hydroxyl groups is 1. The molecule has 0 radical (unpaired) electrons. The van der Waals surface area contributed by atoms with E-state index in [1.165, 1.54) is 36.4 Å². The first-order chi connectivity index (χ1) is 11.1. The molecular formula is C20H16F2O. The van der Waals surface area contributed by atoms with Crippen molar-refractivity contribution in [1.82, 2.24) is 0 Å². The van der Waals surface area contributed by atoms with Crippen molar-refractivity contribution < 1.29 is 13.9 Å². The van der Waals surface area contributed by atoms with E-state index in [1.807, 2.05) is 0 Å². The predicted octanol–water partition coefficient (Wildman–Crippen LogP) is 4.71. The van der Waals surface area contributed by atoms with E-state index in [1.54, 1.807) is 54.6 Å². The van der Waals surface area contributed by atoms with Crippen molar-refractivity contribution in [2.45, 2.75) is 11.5 Å². The highest BCUT2D eigenvalue weighted by Crippen LogP contribution is 2.49. The Morgan fingerprint density at radius 3 is 1.17 bits per heavy atom. The summed E-state index contributed by atoms with van der Waals surface area (Å²) >= 11 is 0. The second-order valence-corrected chi connectivity index (χ2v) is 5.38. The Bertz CT molecular complexity index is 716. The van der Waals surface area contributed by atoms with Gasteiger partial charge in [0.15, 0.2) is 5.60 Å². The van der Waals surface area contributed by atoms with Gasteiger partial charge in [0, 0.05) is 5.56 Å². The highest BCUT2D eigenvalue weighted by molar-refractivity contribution is 5.42. The van der Waals surface area contributed by atoms with Crippen LogP contribution in [0.3, 0.4) is 0 Å². The van der Waals surface area contributed by atoms with E-state index in [-0.39, 0.29) is 16.7 Å². The molecule has 0 aliphatic heterocycles. The third-order valence-electron chi connectivity index (χ3n) is 3.97. The van der Waals surface area contributed by atoms with Gasteiger partial charge in [-0.2, -0.15) is 8.78 Å². The summed E-state index contributed by atoms with van der Waals surface area (Å²) in [5.74, 6) is -3.49. The average Bonchev–Trinajstić information content (AvgIpc) is 2.63. The maximum atomic E-state index is 15.3. The summed E-state index contributed by atoms with van der Waals surface area (Å²) in [7, 11) is 0. The summed E-state index contributed by atoms with van der Waals surface area (Å²) in [6.07, 6.45) is 0. The third kappa shape index (κ3) is 2.53. The van der Waals surface area contributed by atoms with Crippen LogP contribution in [0.15, 0.2) is 91.0 Å². The van der Waals surface area contributed by atoms with Crippen LogP contribution in [0.1, 0.15) is 16.7 Å². The molecule has 0 bridgehead atoms. The van der Waals surface area contributed by atoms with Crippen molar-refractivity contribution in [3.05, 3.63) is 108 Å².